The molecule has 3 heterocycles. The van der Waals surface area contributed by atoms with Crippen molar-refractivity contribution >= 4 is 0 Å². The molecule has 5 heteroatoms. The standard InChI is InChI=1S/C23H24N2O3/c1-16-4-6-17(7-5-16)23-24-14-19(28-23)15-25-10-2-3-20(25)18-8-9-21-22(13-18)27-12-11-26-21/h4-9,13-14,20H,2-3,10-12,15H2,1H3. The number of benzene rings is 2. The zero-order valence-electron chi connectivity index (χ0n) is 16.1. The van der Waals surface area contributed by atoms with E-state index in [0.717, 1.165) is 42.3 Å². The molecule has 1 fully saturated rings. The summed E-state index contributed by atoms with van der Waals surface area (Å²) in [5, 5.41) is 0. The van der Waals surface area contributed by atoms with Crippen molar-refractivity contribution in [2.24, 2.45) is 0 Å². The van der Waals surface area contributed by atoms with Crippen LogP contribution in [0.2, 0.25) is 0 Å². The number of fused-ring (bicyclic) bond motifs is 1. The van der Waals surface area contributed by atoms with Crippen LogP contribution in [0.4, 0.5) is 0 Å². The van der Waals surface area contributed by atoms with E-state index >= 15 is 0 Å². The van der Waals surface area contributed by atoms with Gasteiger partial charge in [-0.05, 0) is 56.1 Å². The van der Waals surface area contributed by atoms with Crippen LogP contribution < -0.4 is 9.47 Å². The van der Waals surface area contributed by atoms with Crippen LogP contribution in [0.5, 0.6) is 11.5 Å². The molecule has 0 aliphatic carbocycles. The van der Waals surface area contributed by atoms with Crippen molar-refractivity contribution in [1.29, 1.82) is 0 Å². The highest BCUT2D eigenvalue weighted by atomic mass is 16.6. The van der Waals surface area contributed by atoms with Gasteiger partial charge in [-0.25, -0.2) is 4.98 Å². The molecule has 1 saturated heterocycles. The summed E-state index contributed by atoms with van der Waals surface area (Å²) in [5.74, 6) is 3.29. The Morgan fingerprint density at radius 3 is 2.71 bits per heavy atom. The molecule has 1 atom stereocenters. The molecule has 0 N–H and O–H groups in total. The van der Waals surface area contributed by atoms with E-state index in [4.69, 9.17) is 13.9 Å². The first-order valence-electron chi connectivity index (χ1n) is 9.91. The van der Waals surface area contributed by atoms with E-state index in [2.05, 4.69) is 53.2 Å². The fourth-order valence-corrected chi connectivity index (χ4v) is 4.07. The zero-order valence-corrected chi connectivity index (χ0v) is 16.1. The lowest BCUT2D eigenvalue weighted by Crippen LogP contribution is -2.23. The van der Waals surface area contributed by atoms with Crippen molar-refractivity contribution in [1.82, 2.24) is 9.88 Å². The minimum atomic E-state index is 0.365. The Balaban J connectivity index is 1.33. The topological polar surface area (TPSA) is 47.7 Å². The minimum Gasteiger partial charge on any atom is -0.486 e. The molecule has 144 valence electrons. The van der Waals surface area contributed by atoms with E-state index < -0.39 is 0 Å². The Bertz CT molecular complexity index is 964. The Kier molecular flexibility index (Phi) is 4.53. The van der Waals surface area contributed by atoms with Gasteiger partial charge >= 0.3 is 0 Å². The van der Waals surface area contributed by atoms with E-state index in [-0.39, 0.29) is 0 Å². The van der Waals surface area contributed by atoms with Crippen LogP contribution >= 0.6 is 0 Å². The number of rotatable bonds is 4. The predicted molar refractivity (Wildman–Crippen MR) is 106 cm³/mol. The van der Waals surface area contributed by atoms with Crippen LogP contribution in [0.1, 0.15) is 35.8 Å². The number of ether oxygens (including phenoxy) is 2. The monoisotopic (exact) mass is 376 g/mol. The molecule has 0 radical (unpaired) electrons. The van der Waals surface area contributed by atoms with Gasteiger partial charge < -0.3 is 13.9 Å². The molecule has 5 nitrogen and oxygen atoms in total. The van der Waals surface area contributed by atoms with E-state index in [0.29, 0.717) is 25.1 Å². The van der Waals surface area contributed by atoms with Gasteiger partial charge in [0.05, 0.1) is 12.7 Å². The third-order valence-electron chi connectivity index (χ3n) is 5.53. The molecular weight excluding hydrogens is 352 g/mol. The van der Waals surface area contributed by atoms with E-state index in [9.17, 15) is 0 Å². The molecule has 0 amide bonds. The number of hydrogen-bond donors (Lipinski definition) is 0. The second-order valence-electron chi connectivity index (χ2n) is 7.53. The van der Waals surface area contributed by atoms with Crippen molar-refractivity contribution in [2.45, 2.75) is 32.4 Å². The largest absolute Gasteiger partial charge is 0.486 e. The first kappa shape index (κ1) is 17.3. The van der Waals surface area contributed by atoms with Gasteiger partial charge in [0.15, 0.2) is 11.5 Å². The maximum Gasteiger partial charge on any atom is 0.226 e. The number of hydrogen-bond acceptors (Lipinski definition) is 5. The minimum absolute atomic E-state index is 0.365. The molecule has 2 aliphatic heterocycles. The third kappa shape index (κ3) is 3.38. The quantitative estimate of drug-likeness (QED) is 0.657. The van der Waals surface area contributed by atoms with Crippen LogP contribution in [0.15, 0.2) is 53.1 Å². The molecular formula is C23H24N2O3. The third-order valence-corrected chi connectivity index (χ3v) is 5.53. The second-order valence-corrected chi connectivity index (χ2v) is 7.53. The number of likely N-dealkylation sites (tertiary alicyclic amines) is 1. The SMILES string of the molecule is Cc1ccc(-c2ncc(CN3CCCC3c3ccc4c(c3)OCCO4)o2)cc1. The molecule has 5 rings (SSSR count). The summed E-state index contributed by atoms with van der Waals surface area (Å²) < 4.78 is 17.5. The van der Waals surface area contributed by atoms with Crippen molar-refractivity contribution in [2.75, 3.05) is 19.8 Å². The molecule has 2 aromatic carbocycles. The summed E-state index contributed by atoms with van der Waals surface area (Å²) in [5.41, 5.74) is 3.52. The summed E-state index contributed by atoms with van der Waals surface area (Å²) in [6.45, 7) is 5.13. The summed E-state index contributed by atoms with van der Waals surface area (Å²) >= 11 is 0. The number of nitrogens with zero attached hydrogens (tertiary/aromatic N) is 2. The predicted octanol–water partition coefficient (Wildman–Crippen LogP) is 4.76. The Morgan fingerprint density at radius 1 is 1.04 bits per heavy atom. The lowest BCUT2D eigenvalue weighted by atomic mass is 10.0. The van der Waals surface area contributed by atoms with Gasteiger partial charge in [-0.1, -0.05) is 23.8 Å². The van der Waals surface area contributed by atoms with Gasteiger partial charge in [0.25, 0.3) is 0 Å². The summed E-state index contributed by atoms with van der Waals surface area (Å²) in [6.07, 6.45) is 4.17. The van der Waals surface area contributed by atoms with Crippen molar-refractivity contribution < 1.29 is 13.9 Å². The summed E-state index contributed by atoms with van der Waals surface area (Å²) in [7, 11) is 0. The van der Waals surface area contributed by atoms with Gasteiger partial charge in [0, 0.05) is 11.6 Å². The Hall–Kier alpha value is -2.79. The molecule has 2 aliphatic rings. The Morgan fingerprint density at radius 2 is 1.86 bits per heavy atom. The first-order chi connectivity index (χ1) is 13.8. The zero-order chi connectivity index (χ0) is 18.9. The van der Waals surface area contributed by atoms with Crippen molar-refractivity contribution in [3.05, 3.63) is 65.5 Å². The molecule has 1 unspecified atom stereocenters. The lowest BCUT2D eigenvalue weighted by molar-refractivity contribution is 0.170. The van der Waals surface area contributed by atoms with E-state index in [1.165, 1.54) is 17.5 Å². The normalized spacial score (nSPS) is 19.1. The van der Waals surface area contributed by atoms with Crippen LogP contribution in [-0.2, 0) is 6.54 Å². The molecule has 0 saturated carbocycles. The van der Waals surface area contributed by atoms with Gasteiger partial charge in [0.2, 0.25) is 5.89 Å². The number of oxazole rings is 1. The highest BCUT2D eigenvalue weighted by Crippen LogP contribution is 2.38. The fourth-order valence-electron chi connectivity index (χ4n) is 4.07. The fraction of sp³-hybridized carbons (Fsp3) is 0.348. The number of aryl methyl sites for hydroxylation is 1. The van der Waals surface area contributed by atoms with Crippen molar-refractivity contribution in [3.8, 4) is 23.0 Å². The molecule has 28 heavy (non-hydrogen) atoms. The average Bonchev–Trinajstić information content (AvgIpc) is 3.38. The molecule has 3 aromatic rings. The van der Waals surface area contributed by atoms with Crippen molar-refractivity contribution in [3.63, 3.8) is 0 Å². The smallest absolute Gasteiger partial charge is 0.226 e. The van der Waals surface area contributed by atoms with Crippen LogP contribution in [-0.4, -0.2) is 29.6 Å². The molecule has 0 spiro atoms. The van der Waals surface area contributed by atoms with E-state index in [1.54, 1.807) is 0 Å². The van der Waals surface area contributed by atoms with Gasteiger partial charge in [0.1, 0.15) is 19.0 Å². The molecule has 0 bridgehead atoms. The van der Waals surface area contributed by atoms with Gasteiger partial charge in [-0.15, -0.1) is 0 Å². The first-order valence-corrected chi connectivity index (χ1v) is 9.91. The van der Waals surface area contributed by atoms with Gasteiger partial charge in [-0.2, -0.15) is 0 Å². The van der Waals surface area contributed by atoms with E-state index in [1.807, 2.05) is 12.3 Å². The summed E-state index contributed by atoms with van der Waals surface area (Å²) in [6, 6.07) is 15.0. The maximum absolute atomic E-state index is 6.05. The highest BCUT2D eigenvalue weighted by Gasteiger charge is 2.28. The summed E-state index contributed by atoms with van der Waals surface area (Å²) in [4.78, 5) is 6.95. The lowest BCUT2D eigenvalue weighted by Gasteiger charge is -2.25. The van der Waals surface area contributed by atoms with Gasteiger partial charge in [-0.3, -0.25) is 4.90 Å². The van der Waals surface area contributed by atoms with Crippen LogP contribution in [0, 0.1) is 6.92 Å². The maximum atomic E-state index is 6.05. The number of aromatic nitrogens is 1. The highest BCUT2D eigenvalue weighted by molar-refractivity contribution is 5.53. The average molecular weight is 376 g/mol. The second kappa shape index (κ2) is 7.32. The van der Waals surface area contributed by atoms with Crippen LogP contribution in [0.3, 0.4) is 0 Å². The van der Waals surface area contributed by atoms with Crippen LogP contribution in [0.25, 0.3) is 11.5 Å². The molecule has 1 aromatic heterocycles. The Labute approximate surface area is 164 Å².